The molecule has 4 aromatic rings. The molecule has 0 amide bonds. The van der Waals surface area contributed by atoms with Crippen molar-refractivity contribution in [1.82, 2.24) is 15.0 Å². The highest BCUT2D eigenvalue weighted by Gasteiger charge is 2.16. The highest BCUT2D eigenvalue weighted by Crippen LogP contribution is 2.24. The van der Waals surface area contributed by atoms with Crippen LogP contribution in [0.25, 0.3) is 11.3 Å². The zero-order valence-corrected chi connectivity index (χ0v) is 19.8. The van der Waals surface area contributed by atoms with Gasteiger partial charge in [-0.25, -0.2) is 5.43 Å². The standard InChI is InChI=1S/C24H22BrN7O2/c25-18-6-4-5-17(15-18)21-10-9-20(34-21)16-26-31-23-28-22(27-19-7-2-1-3-8-19)29-24(30-23)32-11-13-33-14-12-32/h1-10,15-16H,11-14H2,(H2,27,28,29,30,31)/b26-16+. The van der Waals surface area contributed by atoms with E-state index < -0.39 is 0 Å². The number of benzene rings is 2. The van der Waals surface area contributed by atoms with Gasteiger partial charge in [-0.3, -0.25) is 0 Å². The second kappa shape index (κ2) is 10.4. The molecule has 2 N–H and O–H groups in total. The highest BCUT2D eigenvalue weighted by molar-refractivity contribution is 9.10. The van der Waals surface area contributed by atoms with Crippen LogP contribution >= 0.6 is 15.9 Å². The van der Waals surface area contributed by atoms with Crippen LogP contribution in [0.15, 0.2) is 80.7 Å². The Balaban J connectivity index is 1.34. The van der Waals surface area contributed by atoms with Crippen molar-refractivity contribution in [2.45, 2.75) is 0 Å². The smallest absolute Gasteiger partial charge is 0.250 e. The topological polar surface area (TPSA) is 101 Å². The molecule has 172 valence electrons. The molecule has 1 saturated heterocycles. The van der Waals surface area contributed by atoms with Gasteiger partial charge in [0.1, 0.15) is 11.5 Å². The average molecular weight is 520 g/mol. The number of nitrogens with zero attached hydrogens (tertiary/aromatic N) is 5. The fraction of sp³-hybridized carbons (Fsp3) is 0.167. The molecule has 0 aliphatic carbocycles. The summed E-state index contributed by atoms with van der Waals surface area (Å²) in [5.41, 5.74) is 4.76. The van der Waals surface area contributed by atoms with Crippen molar-refractivity contribution in [2.75, 3.05) is 41.9 Å². The predicted octanol–water partition coefficient (Wildman–Crippen LogP) is 4.92. The number of rotatable bonds is 7. The van der Waals surface area contributed by atoms with Gasteiger partial charge in [0, 0.05) is 28.8 Å². The van der Waals surface area contributed by atoms with Gasteiger partial charge >= 0.3 is 0 Å². The summed E-state index contributed by atoms with van der Waals surface area (Å²) in [5.74, 6) is 2.67. The number of para-hydroxylation sites is 1. The zero-order valence-electron chi connectivity index (χ0n) is 18.2. The Morgan fingerprint density at radius 3 is 2.56 bits per heavy atom. The minimum atomic E-state index is 0.324. The molecule has 0 bridgehead atoms. The quantitative estimate of drug-likeness (QED) is 0.262. The van der Waals surface area contributed by atoms with Gasteiger partial charge in [-0.05, 0) is 36.4 Å². The van der Waals surface area contributed by atoms with E-state index >= 15 is 0 Å². The molecule has 10 heteroatoms. The zero-order chi connectivity index (χ0) is 23.2. The number of hydrogen-bond donors (Lipinski definition) is 2. The summed E-state index contributed by atoms with van der Waals surface area (Å²) in [6.45, 7) is 2.68. The molecule has 9 nitrogen and oxygen atoms in total. The summed E-state index contributed by atoms with van der Waals surface area (Å²) in [6, 6.07) is 21.4. The Hall–Kier alpha value is -3.76. The van der Waals surface area contributed by atoms with Crippen LogP contribution in [0.3, 0.4) is 0 Å². The maximum atomic E-state index is 5.89. The summed E-state index contributed by atoms with van der Waals surface area (Å²) < 4.78 is 12.3. The third kappa shape index (κ3) is 5.59. The Bertz CT molecular complexity index is 1270. The van der Waals surface area contributed by atoms with E-state index in [4.69, 9.17) is 9.15 Å². The largest absolute Gasteiger partial charge is 0.455 e. The number of nitrogens with one attached hydrogen (secondary N) is 2. The molecule has 1 fully saturated rings. The van der Waals surface area contributed by atoms with Gasteiger partial charge in [0.2, 0.25) is 17.8 Å². The van der Waals surface area contributed by atoms with Crippen LogP contribution in [-0.2, 0) is 4.74 Å². The third-order valence-electron chi connectivity index (χ3n) is 5.04. The number of aromatic nitrogens is 3. The van der Waals surface area contributed by atoms with E-state index in [0.717, 1.165) is 21.5 Å². The van der Waals surface area contributed by atoms with E-state index in [1.807, 2.05) is 66.7 Å². The van der Waals surface area contributed by atoms with Gasteiger partial charge < -0.3 is 19.4 Å². The van der Waals surface area contributed by atoms with E-state index in [1.54, 1.807) is 6.21 Å². The molecule has 3 heterocycles. The first-order chi connectivity index (χ1) is 16.7. The third-order valence-corrected chi connectivity index (χ3v) is 5.53. The maximum Gasteiger partial charge on any atom is 0.250 e. The van der Waals surface area contributed by atoms with Crippen molar-refractivity contribution in [3.05, 3.63) is 77.0 Å². The van der Waals surface area contributed by atoms with Crippen LogP contribution in [0, 0.1) is 0 Å². The van der Waals surface area contributed by atoms with E-state index in [0.29, 0.717) is 49.9 Å². The summed E-state index contributed by atoms with van der Waals surface area (Å²) in [5, 5.41) is 7.49. The fourth-order valence-electron chi connectivity index (χ4n) is 3.40. The van der Waals surface area contributed by atoms with Crippen LogP contribution in [0.5, 0.6) is 0 Å². The molecule has 0 saturated carbocycles. The molecule has 0 spiro atoms. The van der Waals surface area contributed by atoms with E-state index in [2.05, 4.69) is 51.6 Å². The minimum absolute atomic E-state index is 0.324. The van der Waals surface area contributed by atoms with Gasteiger partial charge in [0.15, 0.2) is 0 Å². The van der Waals surface area contributed by atoms with Crippen LogP contribution in [0.2, 0.25) is 0 Å². The second-order valence-corrected chi connectivity index (χ2v) is 8.37. The Morgan fingerprint density at radius 1 is 0.912 bits per heavy atom. The number of hydrazone groups is 1. The Labute approximate surface area is 205 Å². The average Bonchev–Trinajstić information content (AvgIpc) is 3.34. The van der Waals surface area contributed by atoms with E-state index in [-0.39, 0.29) is 0 Å². The van der Waals surface area contributed by atoms with Gasteiger partial charge in [0.25, 0.3) is 0 Å². The molecule has 1 aliphatic heterocycles. The molecular weight excluding hydrogens is 498 g/mol. The number of halogens is 1. The van der Waals surface area contributed by atoms with Crippen LogP contribution in [-0.4, -0.2) is 47.5 Å². The molecule has 0 radical (unpaired) electrons. The predicted molar refractivity (Wildman–Crippen MR) is 136 cm³/mol. The maximum absolute atomic E-state index is 5.89. The summed E-state index contributed by atoms with van der Waals surface area (Å²) in [7, 11) is 0. The lowest BCUT2D eigenvalue weighted by atomic mass is 10.2. The van der Waals surface area contributed by atoms with Crippen LogP contribution in [0.4, 0.5) is 23.5 Å². The lowest BCUT2D eigenvalue weighted by molar-refractivity contribution is 0.122. The summed E-state index contributed by atoms with van der Waals surface area (Å²) >= 11 is 3.48. The van der Waals surface area contributed by atoms with Crippen molar-refractivity contribution in [2.24, 2.45) is 5.10 Å². The molecule has 5 rings (SSSR count). The van der Waals surface area contributed by atoms with Gasteiger partial charge in [-0.1, -0.05) is 46.3 Å². The minimum Gasteiger partial charge on any atom is -0.455 e. The normalized spacial score (nSPS) is 13.9. The number of ether oxygens (including phenoxy) is 1. The summed E-state index contributed by atoms with van der Waals surface area (Å²) in [4.78, 5) is 15.7. The monoisotopic (exact) mass is 519 g/mol. The van der Waals surface area contributed by atoms with Gasteiger partial charge in [0.05, 0.1) is 19.4 Å². The van der Waals surface area contributed by atoms with Crippen LogP contribution in [0.1, 0.15) is 5.76 Å². The Morgan fingerprint density at radius 2 is 1.74 bits per heavy atom. The molecule has 1 aliphatic rings. The van der Waals surface area contributed by atoms with Crippen molar-refractivity contribution in [3.8, 4) is 11.3 Å². The first-order valence-corrected chi connectivity index (χ1v) is 11.6. The SMILES string of the molecule is Brc1cccc(-c2ccc(/C=N/Nc3nc(Nc4ccccc4)nc(N4CCOCC4)n3)o2)c1. The van der Waals surface area contributed by atoms with Gasteiger partial charge in [-0.15, -0.1) is 0 Å². The Kier molecular flexibility index (Phi) is 6.78. The number of morpholine rings is 1. The lowest BCUT2D eigenvalue weighted by Gasteiger charge is -2.27. The first kappa shape index (κ1) is 22.1. The van der Waals surface area contributed by atoms with E-state index in [1.165, 1.54) is 0 Å². The van der Waals surface area contributed by atoms with Crippen molar-refractivity contribution in [3.63, 3.8) is 0 Å². The number of hydrogen-bond acceptors (Lipinski definition) is 9. The molecule has 0 unspecified atom stereocenters. The number of anilines is 4. The first-order valence-electron chi connectivity index (χ1n) is 10.8. The highest BCUT2D eigenvalue weighted by atomic mass is 79.9. The molecule has 0 atom stereocenters. The van der Waals surface area contributed by atoms with Crippen molar-refractivity contribution in [1.29, 1.82) is 0 Å². The summed E-state index contributed by atoms with van der Waals surface area (Å²) in [6.07, 6.45) is 1.59. The van der Waals surface area contributed by atoms with E-state index in [9.17, 15) is 0 Å². The van der Waals surface area contributed by atoms with Crippen LogP contribution < -0.4 is 15.6 Å². The van der Waals surface area contributed by atoms with Crippen molar-refractivity contribution < 1.29 is 9.15 Å². The molecule has 2 aromatic heterocycles. The number of furan rings is 1. The molecular formula is C24H22BrN7O2. The lowest BCUT2D eigenvalue weighted by Crippen LogP contribution is -2.37. The molecule has 2 aromatic carbocycles. The fourth-order valence-corrected chi connectivity index (χ4v) is 3.80. The van der Waals surface area contributed by atoms with Crippen molar-refractivity contribution >= 4 is 45.7 Å². The second-order valence-electron chi connectivity index (χ2n) is 7.46. The molecule has 34 heavy (non-hydrogen) atoms. The van der Waals surface area contributed by atoms with Gasteiger partial charge in [-0.2, -0.15) is 20.1 Å².